The molecule has 1 aromatic rings. The van der Waals surface area contributed by atoms with E-state index >= 15 is 0 Å². The molecule has 5 heteroatoms. The molecule has 2 rings (SSSR count). The van der Waals surface area contributed by atoms with Crippen LogP contribution in [0.2, 0.25) is 0 Å². The van der Waals surface area contributed by atoms with Crippen molar-refractivity contribution in [2.75, 3.05) is 20.3 Å². The maximum atomic E-state index is 5.40. The summed E-state index contributed by atoms with van der Waals surface area (Å²) in [4.78, 5) is 0. The molecule has 0 fully saturated rings. The van der Waals surface area contributed by atoms with Crippen molar-refractivity contribution in [3.63, 3.8) is 0 Å². The number of likely N-dealkylation sites (N-methyl/N-ethyl adjacent to an activating group) is 1. The molecule has 1 aromatic heterocycles. The second kappa shape index (κ2) is 6.35. The number of hydrogen-bond donors (Lipinski definition) is 1. The van der Waals surface area contributed by atoms with Crippen LogP contribution in [0.3, 0.4) is 0 Å². The third kappa shape index (κ3) is 2.98. The van der Waals surface area contributed by atoms with Gasteiger partial charge in [-0.15, -0.1) is 10.2 Å². The van der Waals surface area contributed by atoms with Crippen LogP contribution in [0.15, 0.2) is 24.0 Å². The Kier molecular flexibility index (Phi) is 4.52. The van der Waals surface area contributed by atoms with Crippen LogP contribution in [0.4, 0.5) is 0 Å². The van der Waals surface area contributed by atoms with Crippen molar-refractivity contribution < 1.29 is 9.47 Å². The number of aromatic nitrogens is 2. The minimum atomic E-state index is 0.0775. The van der Waals surface area contributed by atoms with Gasteiger partial charge in [0.05, 0.1) is 31.7 Å². The van der Waals surface area contributed by atoms with Crippen molar-refractivity contribution >= 4 is 0 Å². The molecule has 0 bridgehead atoms. The maximum absolute atomic E-state index is 5.40. The van der Waals surface area contributed by atoms with Gasteiger partial charge in [0.1, 0.15) is 0 Å². The number of nitrogens with one attached hydrogen (secondary N) is 1. The molecule has 1 aliphatic heterocycles. The smallest absolute Gasteiger partial charge is 0.233 e. The van der Waals surface area contributed by atoms with Gasteiger partial charge in [0.15, 0.2) is 0 Å². The van der Waals surface area contributed by atoms with E-state index in [-0.39, 0.29) is 6.04 Å². The Labute approximate surface area is 107 Å². The molecular weight excluding hydrogens is 230 g/mol. The zero-order valence-electron chi connectivity index (χ0n) is 10.8. The van der Waals surface area contributed by atoms with E-state index in [1.54, 1.807) is 7.11 Å². The fourth-order valence-electron chi connectivity index (χ4n) is 2.02. The van der Waals surface area contributed by atoms with Gasteiger partial charge in [0, 0.05) is 6.07 Å². The topological polar surface area (TPSA) is 56.3 Å². The molecule has 0 spiro atoms. The maximum Gasteiger partial charge on any atom is 0.233 e. The quantitative estimate of drug-likeness (QED) is 0.862. The first-order valence-corrected chi connectivity index (χ1v) is 6.26. The molecule has 5 nitrogen and oxygen atoms in total. The van der Waals surface area contributed by atoms with E-state index in [9.17, 15) is 0 Å². The number of rotatable bonds is 5. The van der Waals surface area contributed by atoms with Crippen LogP contribution < -0.4 is 10.1 Å². The van der Waals surface area contributed by atoms with E-state index in [4.69, 9.17) is 9.47 Å². The fraction of sp³-hybridized carbons (Fsp3) is 0.538. The predicted molar refractivity (Wildman–Crippen MR) is 68.3 cm³/mol. The van der Waals surface area contributed by atoms with Crippen molar-refractivity contribution in [3.8, 4) is 5.88 Å². The molecule has 0 amide bonds. The van der Waals surface area contributed by atoms with Crippen LogP contribution in [0.25, 0.3) is 0 Å². The lowest BCUT2D eigenvalue weighted by Crippen LogP contribution is -2.25. The lowest BCUT2D eigenvalue weighted by Gasteiger charge is -2.23. The molecule has 2 heterocycles. The van der Waals surface area contributed by atoms with Crippen LogP contribution in [0.1, 0.15) is 31.5 Å². The van der Waals surface area contributed by atoms with E-state index in [0.717, 1.165) is 31.7 Å². The van der Waals surface area contributed by atoms with Crippen molar-refractivity contribution in [3.05, 3.63) is 29.7 Å². The molecule has 0 aromatic carbocycles. The summed E-state index contributed by atoms with van der Waals surface area (Å²) in [5, 5.41) is 11.6. The minimum Gasteiger partial charge on any atom is -0.501 e. The Hall–Kier alpha value is -1.62. The van der Waals surface area contributed by atoms with Gasteiger partial charge in [-0.3, -0.25) is 0 Å². The Morgan fingerprint density at radius 2 is 2.33 bits per heavy atom. The van der Waals surface area contributed by atoms with Gasteiger partial charge in [-0.25, -0.2) is 0 Å². The summed E-state index contributed by atoms with van der Waals surface area (Å²) in [6, 6.07) is 3.85. The number of nitrogens with zero attached hydrogens (tertiary/aromatic N) is 2. The second-order valence-electron chi connectivity index (χ2n) is 4.16. The van der Waals surface area contributed by atoms with Crippen LogP contribution in [0, 0.1) is 0 Å². The molecule has 1 unspecified atom stereocenters. The molecule has 1 aliphatic rings. The Morgan fingerprint density at radius 1 is 1.44 bits per heavy atom. The van der Waals surface area contributed by atoms with Gasteiger partial charge < -0.3 is 14.8 Å². The minimum absolute atomic E-state index is 0.0775. The van der Waals surface area contributed by atoms with E-state index in [2.05, 4.69) is 22.4 Å². The molecule has 1 atom stereocenters. The highest BCUT2D eigenvalue weighted by molar-refractivity contribution is 5.23. The Morgan fingerprint density at radius 3 is 2.89 bits per heavy atom. The van der Waals surface area contributed by atoms with Gasteiger partial charge in [-0.05, 0) is 31.0 Å². The first-order valence-electron chi connectivity index (χ1n) is 6.26. The molecule has 1 N–H and O–H groups in total. The third-order valence-electron chi connectivity index (χ3n) is 2.91. The molecule has 18 heavy (non-hydrogen) atoms. The fourth-order valence-corrected chi connectivity index (χ4v) is 2.02. The van der Waals surface area contributed by atoms with Gasteiger partial charge in [-0.2, -0.15) is 0 Å². The Bertz CT molecular complexity index is 403. The summed E-state index contributed by atoms with van der Waals surface area (Å²) in [6.45, 7) is 3.75. The predicted octanol–water partition coefficient (Wildman–Crippen LogP) is 1.83. The number of methoxy groups -OCH3 is 1. The normalized spacial score (nSPS) is 16.7. The monoisotopic (exact) mass is 249 g/mol. The second-order valence-corrected chi connectivity index (χ2v) is 4.16. The highest BCUT2D eigenvalue weighted by Gasteiger charge is 2.19. The molecule has 98 valence electrons. The van der Waals surface area contributed by atoms with E-state index in [1.807, 2.05) is 18.4 Å². The Balaban J connectivity index is 2.19. The van der Waals surface area contributed by atoms with Crippen LogP contribution in [-0.2, 0) is 4.74 Å². The van der Waals surface area contributed by atoms with Crippen molar-refractivity contribution in [1.29, 1.82) is 0 Å². The summed E-state index contributed by atoms with van der Waals surface area (Å²) in [6.07, 6.45) is 3.94. The molecule has 0 saturated carbocycles. The van der Waals surface area contributed by atoms with Crippen molar-refractivity contribution in [2.24, 2.45) is 0 Å². The molecular formula is C13H19N3O2. The highest BCUT2D eigenvalue weighted by atomic mass is 16.5. The van der Waals surface area contributed by atoms with E-state index in [1.165, 1.54) is 5.57 Å². The van der Waals surface area contributed by atoms with E-state index in [0.29, 0.717) is 5.88 Å². The summed E-state index contributed by atoms with van der Waals surface area (Å²) >= 11 is 0. The first kappa shape index (κ1) is 12.8. The average molecular weight is 249 g/mol. The van der Waals surface area contributed by atoms with Gasteiger partial charge in [0.25, 0.3) is 0 Å². The molecule has 0 aliphatic carbocycles. The largest absolute Gasteiger partial charge is 0.501 e. The summed E-state index contributed by atoms with van der Waals surface area (Å²) in [5.74, 6) is 0.530. The summed E-state index contributed by atoms with van der Waals surface area (Å²) < 4.78 is 10.4. The van der Waals surface area contributed by atoms with E-state index < -0.39 is 0 Å². The number of ether oxygens (including phenoxy) is 2. The van der Waals surface area contributed by atoms with Crippen LogP contribution in [-0.4, -0.2) is 30.5 Å². The van der Waals surface area contributed by atoms with Gasteiger partial charge in [0.2, 0.25) is 5.88 Å². The molecule has 0 saturated heterocycles. The first-order chi connectivity index (χ1) is 8.85. The zero-order valence-corrected chi connectivity index (χ0v) is 10.8. The number of hydrogen-bond acceptors (Lipinski definition) is 5. The van der Waals surface area contributed by atoms with Crippen molar-refractivity contribution in [1.82, 2.24) is 15.5 Å². The lowest BCUT2D eigenvalue weighted by molar-refractivity contribution is 0.219. The average Bonchev–Trinajstić information content (AvgIpc) is 2.46. The van der Waals surface area contributed by atoms with Gasteiger partial charge in [-0.1, -0.05) is 6.92 Å². The SMILES string of the molecule is CCNC(C1=COCCC1)c1ccc(OC)nn1. The lowest BCUT2D eigenvalue weighted by atomic mass is 9.99. The zero-order chi connectivity index (χ0) is 12.8. The standard InChI is InChI=1S/C13H19N3O2/c1-3-14-13(10-5-4-8-18-9-10)11-6-7-12(17-2)16-15-11/h6-7,9,13-14H,3-5,8H2,1-2H3. The third-order valence-corrected chi connectivity index (χ3v) is 2.91. The summed E-state index contributed by atoms with van der Waals surface area (Å²) in [5.41, 5.74) is 2.12. The van der Waals surface area contributed by atoms with Crippen LogP contribution in [0.5, 0.6) is 5.88 Å². The van der Waals surface area contributed by atoms with Crippen LogP contribution >= 0.6 is 0 Å². The summed E-state index contributed by atoms with van der Waals surface area (Å²) in [7, 11) is 1.59. The van der Waals surface area contributed by atoms with Crippen molar-refractivity contribution in [2.45, 2.75) is 25.8 Å². The molecule has 0 radical (unpaired) electrons. The highest BCUT2D eigenvalue weighted by Crippen LogP contribution is 2.26. The van der Waals surface area contributed by atoms with Gasteiger partial charge >= 0.3 is 0 Å².